The number of benzene rings is 1. The molecule has 1 aromatic carbocycles. The Kier molecular flexibility index (Phi) is 4.89. The highest BCUT2D eigenvalue weighted by Gasteiger charge is 2.15. The zero-order valence-corrected chi connectivity index (χ0v) is 17.2. The summed E-state index contributed by atoms with van der Waals surface area (Å²) in [5.41, 5.74) is 2.81. The van der Waals surface area contributed by atoms with E-state index in [0.717, 1.165) is 38.1 Å². The molecule has 3 aromatic heterocycles. The van der Waals surface area contributed by atoms with Gasteiger partial charge in [-0.15, -0.1) is 0 Å². The first kappa shape index (κ1) is 18.1. The highest BCUT2D eigenvalue weighted by Crippen LogP contribution is 2.33. The van der Waals surface area contributed by atoms with Gasteiger partial charge in [0.15, 0.2) is 5.13 Å². The van der Waals surface area contributed by atoms with Crippen LogP contribution in [0.1, 0.15) is 32.1 Å². The molecule has 4 aromatic rings. The summed E-state index contributed by atoms with van der Waals surface area (Å²) in [6, 6.07) is 10.4. The summed E-state index contributed by atoms with van der Waals surface area (Å²) in [5, 5.41) is 8.83. The number of hydrogen-bond donors (Lipinski definition) is 1. The molecule has 5 rings (SSSR count). The number of anilines is 1. The Labute approximate surface area is 173 Å². The highest BCUT2D eigenvalue weighted by molar-refractivity contribution is 7.22. The van der Waals surface area contributed by atoms with Crippen molar-refractivity contribution in [1.82, 2.24) is 19.7 Å². The molecule has 7 heteroatoms. The van der Waals surface area contributed by atoms with E-state index in [-0.39, 0.29) is 0 Å². The second-order valence-electron chi connectivity index (χ2n) is 7.51. The van der Waals surface area contributed by atoms with Crippen molar-refractivity contribution in [1.29, 1.82) is 0 Å². The van der Waals surface area contributed by atoms with E-state index in [1.54, 1.807) is 28.4 Å². The van der Waals surface area contributed by atoms with Gasteiger partial charge in [0.25, 0.3) is 0 Å². The van der Waals surface area contributed by atoms with Crippen LogP contribution in [0.5, 0.6) is 11.5 Å². The SMILES string of the molecule is Cn1cc(-c2cc(Oc3ccc4nc(NC5CCCCC5)sc4c3)ccn2)cn1. The van der Waals surface area contributed by atoms with E-state index in [2.05, 4.69) is 21.5 Å². The third-order valence-corrected chi connectivity index (χ3v) is 6.21. The van der Waals surface area contributed by atoms with E-state index < -0.39 is 0 Å². The number of ether oxygens (including phenoxy) is 1. The van der Waals surface area contributed by atoms with Gasteiger partial charge in [0.2, 0.25) is 0 Å². The molecular formula is C22H23N5OS. The van der Waals surface area contributed by atoms with E-state index in [1.165, 1.54) is 32.1 Å². The minimum atomic E-state index is 0.558. The standard InChI is InChI=1S/C22H23N5OS/c1-27-14-15(13-24-27)20-11-18(9-10-23-20)28-17-7-8-19-21(12-17)29-22(26-19)25-16-5-3-2-4-6-16/h7-14,16H,2-6H2,1H3,(H,25,26). The lowest BCUT2D eigenvalue weighted by Crippen LogP contribution is -2.21. The van der Waals surface area contributed by atoms with E-state index >= 15 is 0 Å². The summed E-state index contributed by atoms with van der Waals surface area (Å²) in [7, 11) is 1.89. The molecule has 148 valence electrons. The van der Waals surface area contributed by atoms with Crippen molar-refractivity contribution < 1.29 is 4.74 Å². The molecule has 0 radical (unpaired) electrons. The van der Waals surface area contributed by atoms with Crippen LogP contribution in [0.2, 0.25) is 0 Å². The maximum absolute atomic E-state index is 6.11. The number of aromatic nitrogens is 4. The number of thiazole rings is 1. The monoisotopic (exact) mass is 405 g/mol. The molecule has 1 aliphatic rings. The average Bonchev–Trinajstić information content (AvgIpc) is 3.34. The second kappa shape index (κ2) is 7.83. The largest absolute Gasteiger partial charge is 0.457 e. The van der Waals surface area contributed by atoms with Crippen LogP contribution >= 0.6 is 11.3 Å². The number of hydrogen-bond acceptors (Lipinski definition) is 6. The summed E-state index contributed by atoms with van der Waals surface area (Å²) in [5.74, 6) is 1.55. The van der Waals surface area contributed by atoms with Crippen molar-refractivity contribution in [3.63, 3.8) is 0 Å². The van der Waals surface area contributed by atoms with Crippen LogP contribution in [-0.2, 0) is 7.05 Å². The molecule has 0 atom stereocenters. The predicted molar refractivity (Wildman–Crippen MR) is 117 cm³/mol. The van der Waals surface area contributed by atoms with Crippen molar-refractivity contribution in [2.24, 2.45) is 7.05 Å². The van der Waals surface area contributed by atoms with Gasteiger partial charge in [-0.2, -0.15) is 5.10 Å². The van der Waals surface area contributed by atoms with Gasteiger partial charge in [-0.3, -0.25) is 9.67 Å². The zero-order chi connectivity index (χ0) is 19.6. The minimum absolute atomic E-state index is 0.558. The van der Waals surface area contributed by atoms with E-state index in [0.29, 0.717) is 6.04 Å². The molecule has 0 spiro atoms. The van der Waals surface area contributed by atoms with Gasteiger partial charge in [-0.25, -0.2) is 4.98 Å². The van der Waals surface area contributed by atoms with Gasteiger partial charge >= 0.3 is 0 Å². The highest BCUT2D eigenvalue weighted by atomic mass is 32.1. The maximum Gasteiger partial charge on any atom is 0.184 e. The predicted octanol–water partition coefficient (Wildman–Crippen LogP) is 5.63. The topological polar surface area (TPSA) is 64.9 Å². The van der Waals surface area contributed by atoms with Gasteiger partial charge in [0.05, 0.1) is 22.1 Å². The molecule has 0 bridgehead atoms. The van der Waals surface area contributed by atoms with Crippen molar-refractivity contribution in [2.75, 3.05) is 5.32 Å². The maximum atomic E-state index is 6.11. The number of nitrogens with zero attached hydrogens (tertiary/aromatic N) is 4. The smallest absolute Gasteiger partial charge is 0.184 e. The normalized spacial score (nSPS) is 14.9. The first-order valence-corrected chi connectivity index (χ1v) is 10.8. The third-order valence-electron chi connectivity index (χ3n) is 5.26. The fourth-order valence-electron chi connectivity index (χ4n) is 3.77. The fraction of sp³-hybridized carbons (Fsp3) is 0.318. The molecule has 1 N–H and O–H groups in total. The van der Waals surface area contributed by atoms with Crippen molar-refractivity contribution >= 4 is 26.7 Å². The quantitative estimate of drug-likeness (QED) is 0.466. The van der Waals surface area contributed by atoms with Crippen molar-refractivity contribution in [3.8, 4) is 22.8 Å². The van der Waals surface area contributed by atoms with Gasteiger partial charge < -0.3 is 10.1 Å². The Morgan fingerprint density at radius 2 is 1.97 bits per heavy atom. The van der Waals surface area contributed by atoms with Crippen molar-refractivity contribution in [2.45, 2.75) is 38.1 Å². The van der Waals surface area contributed by atoms with E-state index in [9.17, 15) is 0 Å². The zero-order valence-electron chi connectivity index (χ0n) is 16.3. The summed E-state index contributed by atoms with van der Waals surface area (Å²) >= 11 is 1.69. The molecule has 1 aliphatic carbocycles. The number of pyridine rings is 1. The molecule has 0 aliphatic heterocycles. The lowest BCUT2D eigenvalue weighted by Gasteiger charge is -2.22. The molecule has 1 fully saturated rings. The molecule has 0 unspecified atom stereocenters. The Hall–Kier alpha value is -2.93. The van der Waals surface area contributed by atoms with Crippen LogP contribution in [0.4, 0.5) is 5.13 Å². The van der Waals surface area contributed by atoms with Gasteiger partial charge in [-0.1, -0.05) is 30.6 Å². The Morgan fingerprint density at radius 3 is 2.79 bits per heavy atom. The molecule has 3 heterocycles. The number of rotatable bonds is 5. The third kappa shape index (κ3) is 4.10. The van der Waals surface area contributed by atoms with Crippen LogP contribution < -0.4 is 10.1 Å². The molecule has 6 nitrogen and oxygen atoms in total. The number of fused-ring (bicyclic) bond motifs is 1. The van der Waals surface area contributed by atoms with Crippen LogP contribution in [0.15, 0.2) is 48.9 Å². The van der Waals surface area contributed by atoms with E-state index in [4.69, 9.17) is 9.72 Å². The summed E-state index contributed by atoms with van der Waals surface area (Å²) in [6.45, 7) is 0. The fourth-order valence-corrected chi connectivity index (χ4v) is 4.75. The molecular weight excluding hydrogens is 382 g/mol. The van der Waals surface area contributed by atoms with E-state index in [1.807, 2.05) is 37.5 Å². The van der Waals surface area contributed by atoms with Gasteiger partial charge in [0, 0.05) is 43.2 Å². The van der Waals surface area contributed by atoms with Gasteiger partial charge in [0.1, 0.15) is 11.5 Å². The Balaban J connectivity index is 1.34. The summed E-state index contributed by atoms with van der Waals surface area (Å²) < 4.78 is 9.00. The minimum Gasteiger partial charge on any atom is -0.457 e. The first-order valence-electron chi connectivity index (χ1n) is 10.0. The lowest BCUT2D eigenvalue weighted by molar-refractivity contribution is 0.462. The van der Waals surface area contributed by atoms with Crippen molar-refractivity contribution in [3.05, 3.63) is 48.9 Å². The Bertz CT molecular complexity index is 1130. The molecule has 0 saturated heterocycles. The van der Waals surface area contributed by atoms with Crippen LogP contribution in [0.3, 0.4) is 0 Å². The Morgan fingerprint density at radius 1 is 1.10 bits per heavy atom. The average molecular weight is 406 g/mol. The lowest BCUT2D eigenvalue weighted by atomic mass is 9.96. The van der Waals surface area contributed by atoms with Gasteiger partial charge in [-0.05, 0) is 31.0 Å². The van der Waals surface area contributed by atoms with Crippen LogP contribution in [0.25, 0.3) is 21.5 Å². The first-order chi connectivity index (χ1) is 14.2. The molecule has 0 amide bonds. The summed E-state index contributed by atoms with van der Waals surface area (Å²) in [4.78, 5) is 9.17. The second-order valence-corrected chi connectivity index (χ2v) is 8.54. The molecule has 1 saturated carbocycles. The molecule has 29 heavy (non-hydrogen) atoms. The number of aryl methyl sites for hydroxylation is 1. The van der Waals surface area contributed by atoms with Crippen LogP contribution in [-0.4, -0.2) is 25.8 Å². The van der Waals surface area contributed by atoms with Crippen LogP contribution in [0, 0.1) is 0 Å². The number of nitrogens with one attached hydrogen (secondary N) is 1. The summed E-state index contributed by atoms with van der Waals surface area (Å²) in [6.07, 6.45) is 12.0.